The highest BCUT2D eigenvalue weighted by atomic mass is 16.5. The molecule has 0 aromatic heterocycles. The van der Waals surface area contributed by atoms with Crippen LogP contribution < -0.4 is 16.1 Å². The van der Waals surface area contributed by atoms with E-state index in [0.717, 1.165) is 30.6 Å². The van der Waals surface area contributed by atoms with Crippen molar-refractivity contribution < 1.29 is 25.0 Å². The van der Waals surface area contributed by atoms with Crippen molar-refractivity contribution in [3.8, 4) is 11.8 Å². The summed E-state index contributed by atoms with van der Waals surface area (Å²) in [6.07, 6.45) is -0.452. The van der Waals surface area contributed by atoms with Crippen molar-refractivity contribution in [2.24, 2.45) is 0 Å². The lowest BCUT2D eigenvalue weighted by Gasteiger charge is -2.19. The van der Waals surface area contributed by atoms with Gasteiger partial charge in [-0.05, 0) is 61.9 Å². The van der Waals surface area contributed by atoms with Crippen molar-refractivity contribution >= 4 is 11.8 Å². The summed E-state index contributed by atoms with van der Waals surface area (Å²) < 4.78 is 0. The average molecular weight is 425 g/mol. The van der Waals surface area contributed by atoms with Gasteiger partial charge < -0.3 is 20.8 Å². The van der Waals surface area contributed by atoms with Crippen LogP contribution in [0.4, 0.5) is 0 Å². The van der Waals surface area contributed by atoms with Crippen LogP contribution in [-0.4, -0.2) is 52.5 Å². The Balaban J connectivity index is 1.96. The van der Waals surface area contributed by atoms with Crippen molar-refractivity contribution in [2.75, 3.05) is 13.2 Å². The number of amides is 2. The van der Waals surface area contributed by atoms with Gasteiger partial charge in [-0.15, -0.1) is 0 Å². The molecule has 2 atom stereocenters. The molecular weight excluding hydrogens is 398 g/mol. The summed E-state index contributed by atoms with van der Waals surface area (Å²) in [7, 11) is 0. The number of hydroxylamine groups is 1. The molecule has 31 heavy (non-hydrogen) atoms. The maximum absolute atomic E-state index is 12.3. The third-order valence-corrected chi connectivity index (χ3v) is 4.45. The molecule has 164 valence electrons. The third kappa shape index (κ3) is 7.85. The van der Waals surface area contributed by atoms with Crippen LogP contribution in [0.2, 0.25) is 0 Å². The van der Waals surface area contributed by atoms with E-state index in [1.54, 1.807) is 24.3 Å². The predicted molar refractivity (Wildman–Crippen MR) is 115 cm³/mol. The molecule has 8 heteroatoms. The van der Waals surface area contributed by atoms with Gasteiger partial charge in [0.2, 0.25) is 0 Å². The van der Waals surface area contributed by atoms with Crippen LogP contribution >= 0.6 is 0 Å². The second-order valence-electron chi connectivity index (χ2n) is 6.95. The van der Waals surface area contributed by atoms with Crippen molar-refractivity contribution in [3.05, 3.63) is 70.8 Å². The van der Waals surface area contributed by atoms with Crippen LogP contribution in [0.3, 0.4) is 0 Å². The molecular formula is C23H27N3O5. The monoisotopic (exact) mass is 425 g/mol. The highest BCUT2D eigenvalue weighted by Crippen LogP contribution is 2.07. The van der Waals surface area contributed by atoms with Gasteiger partial charge in [-0.25, -0.2) is 5.48 Å². The standard InChI is InChI=1S/C23H27N3O5/c1-16(28)21(23(30)26-31)25-22(29)20-11-9-18(10-12-20)4-3-17-5-7-19(8-6-17)15-24-13-2-14-27/h5-12,16,21,24,27-28,31H,2,13-15H2,1H3,(H,25,29)(H,26,30). The van der Waals surface area contributed by atoms with E-state index in [2.05, 4.69) is 22.5 Å². The Morgan fingerprint density at radius 1 is 1.00 bits per heavy atom. The maximum Gasteiger partial charge on any atom is 0.268 e. The molecule has 0 aliphatic carbocycles. The van der Waals surface area contributed by atoms with Gasteiger partial charge in [-0.1, -0.05) is 24.0 Å². The first-order chi connectivity index (χ1) is 14.9. The van der Waals surface area contributed by atoms with Gasteiger partial charge in [0.1, 0.15) is 6.04 Å². The van der Waals surface area contributed by atoms with Gasteiger partial charge in [0.15, 0.2) is 0 Å². The SMILES string of the molecule is CC(O)C(NC(=O)c1ccc(C#Cc2ccc(CNCCCO)cc2)cc1)C(=O)NO. The van der Waals surface area contributed by atoms with Gasteiger partial charge >= 0.3 is 0 Å². The number of benzene rings is 2. The normalized spacial score (nSPS) is 12.3. The van der Waals surface area contributed by atoms with Crippen LogP contribution in [0.15, 0.2) is 48.5 Å². The van der Waals surface area contributed by atoms with E-state index < -0.39 is 24.0 Å². The Labute approximate surface area is 181 Å². The zero-order valence-electron chi connectivity index (χ0n) is 17.3. The molecule has 0 aliphatic heterocycles. The molecule has 0 saturated heterocycles. The van der Waals surface area contributed by atoms with Gasteiger partial charge in [-0.2, -0.15) is 0 Å². The van der Waals surface area contributed by atoms with E-state index in [1.807, 2.05) is 24.3 Å². The Kier molecular flexibility index (Phi) is 9.68. The first-order valence-corrected chi connectivity index (χ1v) is 9.90. The number of aliphatic hydroxyl groups is 2. The first-order valence-electron chi connectivity index (χ1n) is 9.90. The minimum atomic E-state index is -1.27. The molecule has 0 aliphatic rings. The highest BCUT2D eigenvalue weighted by Gasteiger charge is 2.25. The summed E-state index contributed by atoms with van der Waals surface area (Å²) in [4.78, 5) is 23.8. The number of nitrogens with one attached hydrogen (secondary N) is 3. The summed E-state index contributed by atoms with van der Waals surface area (Å²) in [6, 6.07) is 13.1. The Hall–Kier alpha value is -3.22. The van der Waals surface area contributed by atoms with Crippen LogP contribution in [0.5, 0.6) is 0 Å². The van der Waals surface area contributed by atoms with Crippen LogP contribution in [0.1, 0.15) is 40.4 Å². The number of hydrogen-bond donors (Lipinski definition) is 6. The summed E-state index contributed by atoms with van der Waals surface area (Å²) in [5.41, 5.74) is 4.41. The van der Waals surface area contributed by atoms with Gasteiger partial charge in [-0.3, -0.25) is 14.8 Å². The average Bonchev–Trinajstić information content (AvgIpc) is 2.79. The lowest BCUT2D eigenvalue weighted by atomic mass is 10.1. The van der Waals surface area contributed by atoms with E-state index in [4.69, 9.17) is 10.3 Å². The second-order valence-corrected chi connectivity index (χ2v) is 6.95. The smallest absolute Gasteiger partial charge is 0.268 e. The van der Waals surface area contributed by atoms with E-state index in [9.17, 15) is 14.7 Å². The zero-order valence-corrected chi connectivity index (χ0v) is 17.3. The van der Waals surface area contributed by atoms with Gasteiger partial charge in [0.25, 0.3) is 11.8 Å². The van der Waals surface area contributed by atoms with E-state index in [-0.39, 0.29) is 6.61 Å². The molecule has 2 unspecified atom stereocenters. The first kappa shape index (κ1) is 24.1. The minimum absolute atomic E-state index is 0.177. The third-order valence-electron chi connectivity index (χ3n) is 4.45. The van der Waals surface area contributed by atoms with E-state index in [1.165, 1.54) is 12.4 Å². The lowest BCUT2D eigenvalue weighted by Crippen LogP contribution is -2.51. The van der Waals surface area contributed by atoms with Crippen molar-refractivity contribution in [1.82, 2.24) is 16.1 Å². The molecule has 0 spiro atoms. The molecule has 6 N–H and O–H groups in total. The fourth-order valence-corrected chi connectivity index (χ4v) is 2.69. The number of carbonyl (C=O) groups is 2. The molecule has 2 rings (SSSR count). The Bertz CT molecular complexity index is 915. The topological polar surface area (TPSA) is 131 Å². The fraction of sp³-hybridized carbons (Fsp3) is 0.304. The molecule has 0 fully saturated rings. The van der Waals surface area contributed by atoms with E-state index >= 15 is 0 Å². The molecule has 0 bridgehead atoms. The molecule has 2 aromatic carbocycles. The minimum Gasteiger partial charge on any atom is -0.396 e. The number of hydrogen-bond acceptors (Lipinski definition) is 6. The fourth-order valence-electron chi connectivity index (χ4n) is 2.69. The highest BCUT2D eigenvalue weighted by molar-refractivity contribution is 5.97. The lowest BCUT2D eigenvalue weighted by molar-refractivity contribution is -0.133. The molecule has 0 saturated carbocycles. The quantitative estimate of drug-likeness (QED) is 0.151. The zero-order chi connectivity index (χ0) is 22.6. The maximum atomic E-state index is 12.3. The Morgan fingerprint density at radius 2 is 1.58 bits per heavy atom. The Morgan fingerprint density at radius 3 is 2.10 bits per heavy atom. The molecule has 2 amide bonds. The van der Waals surface area contributed by atoms with Crippen molar-refractivity contribution in [3.63, 3.8) is 0 Å². The van der Waals surface area contributed by atoms with Crippen LogP contribution in [0.25, 0.3) is 0 Å². The van der Waals surface area contributed by atoms with Crippen LogP contribution in [-0.2, 0) is 11.3 Å². The summed E-state index contributed by atoms with van der Waals surface area (Å²) in [6.45, 7) is 3.00. The number of carbonyl (C=O) groups excluding carboxylic acids is 2. The van der Waals surface area contributed by atoms with Crippen LogP contribution in [0, 0.1) is 11.8 Å². The molecule has 8 nitrogen and oxygen atoms in total. The predicted octanol–water partition coefficient (Wildman–Crippen LogP) is 0.543. The summed E-state index contributed by atoms with van der Waals surface area (Å²) in [5.74, 6) is 4.63. The molecule has 0 heterocycles. The largest absolute Gasteiger partial charge is 0.396 e. The molecule has 2 aromatic rings. The van der Waals surface area contributed by atoms with Crippen molar-refractivity contribution in [2.45, 2.75) is 32.0 Å². The van der Waals surface area contributed by atoms with Crippen molar-refractivity contribution in [1.29, 1.82) is 0 Å². The van der Waals surface area contributed by atoms with Gasteiger partial charge in [0, 0.05) is 29.8 Å². The summed E-state index contributed by atoms with van der Waals surface area (Å²) in [5, 5.41) is 32.7. The second kappa shape index (κ2) is 12.5. The summed E-state index contributed by atoms with van der Waals surface area (Å²) >= 11 is 0. The van der Waals surface area contributed by atoms with Gasteiger partial charge in [0.05, 0.1) is 6.10 Å². The van der Waals surface area contributed by atoms with E-state index in [0.29, 0.717) is 11.1 Å². The molecule has 0 radical (unpaired) electrons. The number of rotatable bonds is 9. The number of aliphatic hydroxyl groups excluding tert-OH is 2.